The number of piperazine rings is 1. The molecule has 0 bridgehead atoms. The SMILES string of the molecule is Cc1noc(C)c1CC(=O)N1CCN(C)[C@@H](c2ccccc2)C1. The van der Waals surface area contributed by atoms with Crippen LogP contribution < -0.4 is 0 Å². The third-order valence-corrected chi connectivity index (χ3v) is 4.69. The summed E-state index contributed by atoms with van der Waals surface area (Å²) in [7, 11) is 2.12. The summed E-state index contributed by atoms with van der Waals surface area (Å²) in [5, 5.41) is 3.93. The van der Waals surface area contributed by atoms with E-state index in [-0.39, 0.29) is 11.9 Å². The Hall–Kier alpha value is -2.14. The van der Waals surface area contributed by atoms with Gasteiger partial charge < -0.3 is 9.42 Å². The maximum absolute atomic E-state index is 12.7. The van der Waals surface area contributed by atoms with Crippen LogP contribution >= 0.6 is 0 Å². The summed E-state index contributed by atoms with van der Waals surface area (Å²) in [6, 6.07) is 10.6. The molecule has 1 aromatic heterocycles. The number of amides is 1. The molecule has 122 valence electrons. The molecule has 1 saturated heterocycles. The molecule has 0 saturated carbocycles. The van der Waals surface area contributed by atoms with E-state index in [0.717, 1.165) is 36.7 Å². The van der Waals surface area contributed by atoms with Gasteiger partial charge in [0.15, 0.2) is 0 Å². The number of hydrogen-bond donors (Lipinski definition) is 0. The lowest BCUT2D eigenvalue weighted by molar-refractivity contribution is -0.133. The number of benzene rings is 1. The van der Waals surface area contributed by atoms with Gasteiger partial charge in [-0.3, -0.25) is 9.69 Å². The van der Waals surface area contributed by atoms with Gasteiger partial charge in [0.1, 0.15) is 5.76 Å². The number of rotatable bonds is 3. The van der Waals surface area contributed by atoms with E-state index in [0.29, 0.717) is 6.42 Å². The highest BCUT2D eigenvalue weighted by Gasteiger charge is 2.29. The molecule has 2 aromatic rings. The average Bonchev–Trinajstić information content (AvgIpc) is 2.88. The van der Waals surface area contributed by atoms with Crippen LogP contribution in [-0.4, -0.2) is 47.5 Å². The molecule has 1 fully saturated rings. The molecule has 1 aliphatic heterocycles. The lowest BCUT2D eigenvalue weighted by Crippen LogP contribution is -2.49. The maximum Gasteiger partial charge on any atom is 0.227 e. The molecule has 0 spiro atoms. The number of aryl methyl sites for hydroxylation is 2. The van der Waals surface area contributed by atoms with Gasteiger partial charge in [-0.2, -0.15) is 0 Å². The zero-order chi connectivity index (χ0) is 16.4. The Labute approximate surface area is 136 Å². The monoisotopic (exact) mass is 313 g/mol. The first-order valence-electron chi connectivity index (χ1n) is 8.01. The standard InChI is InChI=1S/C18H23N3O2/c1-13-16(14(2)23-19-13)11-18(22)21-10-9-20(3)17(12-21)15-7-5-4-6-8-15/h4-8,17H,9-12H2,1-3H3/t17-/m1/s1. The smallest absolute Gasteiger partial charge is 0.227 e. The first-order chi connectivity index (χ1) is 11.1. The van der Waals surface area contributed by atoms with Crippen LogP contribution in [0.15, 0.2) is 34.9 Å². The number of hydrogen-bond acceptors (Lipinski definition) is 4. The second kappa shape index (κ2) is 6.54. The van der Waals surface area contributed by atoms with Crippen molar-refractivity contribution in [2.45, 2.75) is 26.3 Å². The van der Waals surface area contributed by atoms with Crippen molar-refractivity contribution in [2.24, 2.45) is 0 Å². The minimum Gasteiger partial charge on any atom is -0.361 e. The van der Waals surface area contributed by atoms with Crippen LogP contribution in [0.4, 0.5) is 0 Å². The molecule has 1 amide bonds. The summed E-state index contributed by atoms with van der Waals surface area (Å²) < 4.78 is 5.16. The molecule has 0 aliphatic carbocycles. The van der Waals surface area contributed by atoms with Crippen LogP contribution in [0.25, 0.3) is 0 Å². The fraction of sp³-hybridized carbons (Fsp3) is 0.444. The van der Waals surface area contributed by atoms with Gasteiger partial charge in [-0.05, 0) is 26.5 Å². The first-order valence-corrected chi connectivity index (χ1v) is 8.01. The van der Waals surface area contributed by atoms with Gasteiger partial charge in [0.2, 0.25) is 5.91 Å². The summed E-state index contributed by atoms with van der Waals surface area (Å²) >= 11 is 0. The third-order valence-electron chi connectivity index (χ3n) is 4.69. The molecule has 3 rings (SSSR count). The Morgan fingerprint density at radius 2 is 2.00 bits per heavy atom. The molecule has 1 aromatic carbocycles. The Bertz CT molecular complexity index is 661. The molecule has 5 heteroatoms. The highest BCUT2D eigenvalue weighted by Crippen LogP contribution is 2.24. The van der Waals surface area contributed by atoms with E-state index in [2.05, 4.69) is 29.2 Å². The molecule has 0 radical (unpaired) electrons. The van der Waals surface area contributed by atoms with Crippen molar-refractivity contribution >= 4 is 5.91 Å². The Morgan fingerprint density at radius 3 is 2.65 bits per heavy atom. The minimum absolute atomic E-state index is 0.147. The van der Waals surface area contributed by atoms with E-state index < -0.39 is 0 Å². The van der Waals surface area contributed by atoms with Crippen molar-refractivity contribution in [3.8, 4) is 0 Å². The molecule has 2 heterocycles. The lowest BCUT2D eigenvalue weighted by Gasteiger charge is -2.39. The van der Waals surface area contributed by atoms with E-state index in [1.807, 2.05) is 36.9 Å². The van der Waals surface area contributed by atoms with Gasteiger partial charge in [0.25, 0.3) is 0 Å². The molecule has 0 N–H and O–H groups in total. The third kappa shape index (κ3) is 3.29. The van der Waals surface area contributed by atoms with E-state index >= 15 is 0 Å². The highest BCUT2D eigenvalue weighted by atomic mass is 16.5. The average molecular weight is 313 g/mol. The fourth-order valence-electron chi connectivity index (χ4n) is 3.15. The van der Waals surface area contributed by atoms with Crippen LogP contribution in [0.2, 0.25) is 0 Å². The van der Waals surface area contributed by atoms with Crippen molar-refractivity contribution < 1.29 is 9.32 Å². The van der Waals surface area contributed by atoms with Crippen LogP contribution in [0.3, 0.4) is 0 Å². The molecule has 1 atom stereocenters. The van der Waals surface area contributed by atoms with Crippen LogP contribution in [-0.2, 0) is 11.2 Å². The zero-order valence-corrected chi connectivity index (χ0v) is 14.0. The molecular weight excluding hydrogens is 290 g/mol. The first kappa shape index (κ1) is 15.7. The summed E-state index contributed by atoms with van der Waals surface area (Å²) in [5.41, 5.74) is 2.99. The summed E-state index contributed by atoms with van der Waals surface area (Å²) in [6.07, 6.45) is 0.367. The van der Waals surface area contributed by atoms with E-state index in [1.165, 1.54) is 5.56 Å². The predicted molar refractivity (Wildman–Crippen MR) is 88.1 cm³/mol. The van der Waals surface area contributed by atoms with Gasteiger partial charge in [0, 0.05) is 25.2 Å². The molecular formula is C18H23N3O2. The fourth-order valence-corrected chi connectivity index (χ4v) is 3.15. The number of likely N-dealkylation sites (N-methyl/N-ethyl adjacent to an activating group) is 1. The van der Waals surface area contributed by atoms with E-state index in [1.54, 1.807) is 0 Å². The number of carbonyl (C=O) groups excluding carboxylic acids is 1. The second-order valence-electron chi connectivity index (χ2n) is 6.23. The largest absolute Gasteiger partial charge is 0.361 e. The topological polar surface area (TPSA) is 49.6 Å². The normalized spacial score (nSPS) is 19.1. The Balaban J connectivity index is 1.72. The van der Waals surface area contributed by atoms with E-state index in [9.17, 15) is 4.79 Å². The van der Waals surface area contributed by atoms with Crippen LogP contribution in [0.1, 0.15) is 28.6 Å². The van der Waals surface area contributed by atoms with Crippen molar-refractivity contribution in [1.82, 2.24) is 15.0 Å². The molecule has 23 heavy (non-hydrogen) atoms. The van der Waals surface area contributed by atoms with Gasteiger partial charge in [0.05, 0.1) is 18.2 Å². The predicted octanol–water partition coefficient (Wildman–Crippen LogP) is 2.35. The Morgan fingerprint density at radius 1 is 1.26 bits per heavy atom. The molecule has 0 unspecified atom stereocenters. The quantitative estimate of drug-likeness (QED) is 0.873. The molecule has 5 nitrogen and oxygen atoms in total. The van der Waals surface area contributed by atoms with E-state index in [4.69, 9.17) is 4.52 Å². The Kier molecular flexibility index (Phi) is 4.48. The van der Waals surface area contributed by atoms with Gasteiger partial charge in [-0.25, -0.2) is 0 Å². The highest BCUT2D eigenvalue weighted by molar-refractivity contribution is 5.79. The lowest BCUT2D eigenvalue weighted by atomic mass is 10.0. The van der Waals surface area contributed by atoms with Crippen molar-refractivity contribution in [3.63, 3.8) is 0 Å². The maximum atomic E-state index is 12.7. The summed E-state index contributed by atoms with van der Waals surface area (Å²) in [6.45, 7) is 6.12. The van der Waals surface area contributed by atoms with Crippen LogP contribution in [0.5, 0.6) is 0 Å². The van der Waals surface area contributed by atoms with Crippen LogP contribution in [0, 0.1) is 13.8 Å². The molecule has 1 aliphatic rings. The second-order valence-corrected chi connectivity index (χ2v) is 6.23. The summed E-state index contributed by atoms with van der Waals surface area (Å²) in [4.78, 5) is 17.0. The van der Waals surface area contributed by atoms with Gasteiger partial charge in [-0.1, -0.05) is 35.5 Å². The van der Waals surface area contributed by atoms with Gasteiger partial charge in [-0.15, -0.1) is 0 Å². The number of carbonyl (C=O) groups is 1. The van der Waals surface area contributed by atoms with Gasteiger partial charge >= 0.3 is 0 Å². The number of aromatic nitrogens is 1. The summed E-state index contributed by atoms with van der Waals surface area (Å²) in [5.74, 6) is 0.887. The van der Waals surface area contributed by atoms with Crippen molar-refractivity contribution in [3.05, 3.63) is 52.9 Å². The number of nitrogens with zero attached hydrogens (tertiary/aromatic N) is 3. The van der Waals surface area contributed by atoms with Crippen molar-refractivity contribution in [2.75, 3.05) is 26.7 Å². The zero-order valence-electron chi connectivity index (χ0n) is 14.0. The minimum atomic E-state index is 0.147. The van der Waals surface area contributed by atoms with Crippen molar-refractivity contribution in [1.29, 1.82) is 0 Å².